The third-order valence-corrected chi connectivity index (χ3v) is 5.76. The van der Waals surface area contributed by atoms with Crippen LogP contribution in [0, 0.1) is 0 Å². The second-order valence-electron chi connectivity index (χ2n) is 7.72. The van der Waals surface area contributed by atoms with Gasteiger partial charge in [0, 0.05) is 25.2 Å². The van der Waals surface area contributed by atoms with Crippen molar-refractivity contribution in [2.24, 2.45) is 4.99 Å². The number of carbonyl (C=O) groups is 1. The maximum Gasteiger partial charge on any atom is 0.226 e. The van der Waals surface area contributed by atoms with Crippen molar-refractivity contribution < 1.29 is 9.53 Å². The molecule has 0 spiro atoms. The van der Waals surface area contributed by atoms with Gasteiger partial charge in [-0.15, -0.1) is 24.0 Å². The van der Waals surface area contributed by atoms with Crippen molar-refractivity contribution in [3.8, 4) is 0 Å². The number of nitrogens with one attached hydrogen (secondary N) is 2. The van der Waals surface area contributed by atoms with E-state index >= 15 is 0 Å². The fourth-order valence-corrected chi connectivity index (χ4v) is 4.32. The van der Waals surface area contributed by atoms with Crippen LogP contribution >= 0.6 is 24.0 Å². The minimum atomic E-state index is 0. The normalized spacial score (nSPS) is 26.9. The number of rotatable bonds is 5. The molecule has 2 bridgehead atoms. The van der Waals surface area contributed by atoms with E-state index in [4.69, 9.17) is 9.73 Å². The van der Waals surface area contributed by atoms with E-state index in [0.717, 1.165) is 56.0 Å². The molecule has 3 unspecified atom stereocenters. The zero-order valence-corrected chi connectivity index (χ0v) is 18.9. The molecule has 0 aromatic heterocycles. The number of aliphatic imine (C=N–C) groups is 1. The standard InChI is InChI=1S/C21H30N4O2.HI/c1-2-22-21(24-18-13-17-10-11-19(18)27-17)23-14-15-6-8-16(9-7-15)25-12-4-3-5-20(25)26;/h6-9,17-19H,2-5,10-14H2,1H3,(H2,22,23,24);1H. The van der Waals surface area contributed by atoms with Crippen LogP contribution in [0.1, 0.15) is 51.0 Å². The average Bonchev–Trinajstić information content (AvgIpc) is 3.30. The van der Waals surface area contributed by atoms with Crippen molar-refractivity contribution in [2.45, 2.75) is 70.2 Å². The second kappa shape index (κ2) is 9.91. The predicted octanol–water partition coefficient (Wildman–Crippen LogP) is 3.20. The molecule has 3 heterocycles. The van der Waals surface area contributed by atoms with E-state index in [1.165, 1.54) is 6.42 Å². The average molecular weight is 498 g/mol. The molecule has 3 atom stereocenters. The summed E-state index contributed by atoms with van der Waals surface area (Å²) >= 11 is 0. The first kappa shape index (κ1) is 21.4. The van der Waals surface area contributed by atoms with Gasteiger partial charge in [0.1, 0.15) is 0 Å². The molecule has 28 heavy (non-hydrogen) atoms. The van der Waals surface area contributed by atoms with Gasteiger partial charge in [-0.3, -0.25) is 4.79 Å². The summed E-state index contributed by atoms with van der Waals surface area (Å²) in [5.41, 5.74) is 2.14. The lowest BCUT2D eigenvalue weighted by Gasteiger charge is -2.26. The van der Waals surface area contributed by atoms with Crippen LogP contribution in [0.3, 0.4) is 0 Å². The smallest absolute Gasteiger partial charge is 0.226 e. The highest BCUT2D eigenvalue weighted by molar-refractivity contribution is 14.0. The van der Waals surface area contributed by atoms with Crippen molar-refractivity contribution in [1.29, 1.82) is 0 Å². The quantitative estimate of drug-likeness (QED) is 0.372. The predicted molar refractivity (Wildman–Crippen MR) is 122 cm³/mol. The molecule has 1 aromatic carbocycles. The fraction of sp³-hybridized carbons (Fsp3) is 0.619. The second-order valence-corrected chi connectivity index (χ2v) is 7.72. The molecule has 3 aliphatic heterocycles. The van der Waals surface area contributed by atoms with E-state index in [1.54, 1.807) is 0 Å². The molecule has 2 N–H and O–H groups in total. The molecule has 0 saturated carbocycles. The van der Waals surface area contributed by atoms with Crippen molar-refractivity contribution in [1.82, 2.24) is 10.6 Å². The van der Waals surface area contributed by atoms with Crippen molar-refractivity contribution in [3.05, 3.63) is 29.8 Å². The molecule has 7 heteroatoms. The summed E-state index contributed by atoms with van der Waals surface area (Å²) in [4.78, 5) is 18.7. The number of fused-ring (bicyclic) bond motifs is 2. The Morgan fingerprint density at radius 1 is 1.25 bits per heavy atom. The largest absolute Gasteiger partial charge is 0.373 e. The SMILES string of the molecule is CCNC(=NCc1ccc(N2CCCCC2=O)cc1)NC1CC2CCC1O2.I. The topological polar surface area (TPSA) is 66.0 Å². The molecule has 4 rings (SSSR count). The Balaban J connectivity index is 0.00000225. The molecule has 154 valence electrons. The Labute approximate surface area is 184 Å². The summed E-state index contributed by atoms with van der Waals surface area (Å²) in [5.74, 6) is 1.09. The third kappa shape index (κ3) is 4.97. The van der Waals surface area contributed by atoms with Gasteiger partial charge >= 0.3 is 0 Å². The Morgan fingerprint density at radius 2 is 2.07 bits per heavy atom. The van der Waals surface area contributed by atoms with Gasteiger partial charge in [-0.05, 0) is 56.7 Å². The molecular weight excluding hydrogens is 467 g/mol. The number of benzene rings is 1. The minimum Gasteiger partial charge on any atom is -0.373 e. The fourth-order valence-electron chi connectivity index (χ4n) is 4.32. The lowest BCUT2D eigenvalue weighted by atomic mass is 9.96. The number of anilines is 1. The summed E-state index contributed by atoms with van der Waals surface area (Å²) in [6, 6.07) is 8.60. The molecule has 1 aromatic rings. The first-order valence-corrected chi connectivity index (χ1v) is 10.3. The van der Waals surface area contributed by atoms with Gasteiger partial charge in [0.05, 0.1) is 24.8 Å². The molecule has 3 saturated heterocycles. The number of carbonyl (C=O) groups excluding carboxylic acids is 1. The highest BCUT2D eigenvalue weighted by atomic mass is 127. The minimum absolute atomic E-state index is 0. The van der Waals surface area contributed by atoms with E-state index in [0.29, 0.717) is 31.2 Å². The number of hydrogen-bond acceptors (Lipinski definition) is 3. The first-order valence-electron chi connectivity index (χ1n) is 10.3. The van der Waals surface area contributed by atoms with Crippen molar-refractivity contribution >= 4 is 41.5 Å². The van der Waals surface area contributed by atoms with Gasteiger partial charge in [-0.25, -0.2) is 4.99 Å². The highest BCUT2D eigenvalue weighted by Gasteiger charge is 2.41. The van der Waals surface area contributed by atoms with Crippen LogP contribution in [0.15, 0.2) is 29.3 Å². The zero-order chi connectivity index (χ0) is 18.6. The first-order chi connectivity index (χ1) is 13.2. The van der Waals surface area contributed by atoms with Gasteiger partial charge in [0.2, 0.25) is 5.91 Å². The van der Waals surface area contributed by atoms with E-state index in [2.05, 4.69) is 29.7 Å². The molecule has 3 aliphatic rings. The number of ether oxygens (including phenoxy) is 1. The molecule has 3 fully saturated rings. The van der Waals surface area contributed by atoms with Gasteiger partial charge in [0.25, 0.3) is 0 Å². The maximum atomic E-state index is 12.1. The number of guanidine groups is 1. The summed E-state index contributed by atoms with van der Waals surface area (Å²) in [5, 5.41) is 6.89. The molecular formula is C21H31IN4O2. The van der Waals surface area contributed by atoms with Crippen LogP contribution in [-0.2, 0) is 16.1 Å². The maximum absolute atomic E-state index is 12.1. The number of piperidine rings is 1. The van der Waals surface area contributed by atoms with Crippen molar-refractivity contribution in [2.75, 3.05) is 18.0 Å². The number of amides is 1. The van der Waals surface area contributed by atoms with Gasteiger partial charge in [-0.2, -0.15) is 0 Å². The number of halogens is 1. The lowest BCUT2D eigenvalue weighted by molar-refractivity contribution is -0.119. The van der Waals surface area contributed by atoms with Gasteiger partial charge in [0.15, 0.2) is 5.96 Å². The van der Waals surface area contributed by atoms with E-state index in [9.17, 15) is 4.79 Å². The van der Waals surface area contributed by atoms with Crippen LogP contribution in [0.25, 0.3) is 0 Å². The molecule has 0 radical (unpaired) electrons. The molecule has 6 nitrogen and oxygen atoms in total. The monoisotopic (exact) mass is 498 g/mol. The summed E-state index contributed by atoms with van der Waals surface area (Å²) in [6.45, 7) is 4.37. The Hall–Kier alpha value is -1.35. The highest BCUT2D eigenvalue weighted by Crippen LogP contribution is 2.34. The van der Waals surface area contributed by atoms with Gasteiger partial charge in [-0.1, -0.05) is 12.1 Å². The zero-order valence-electron chi connectivity index (χ0n) is 16.5. The Morgan fingerprint density at radius 3 is 2.71 bits per heavy atom. The van der Waals surface area contributed by atoms with Gasteiger partial charge < -0.3 is 20.3 Å². The van der Waals surface area contributed by atoms with E-state index in [-0.39, 0.29) is 29.9 Å². The van der Waals surface area contributed by atoms with Crippen molar-refractivity contribution in [3.63, 3.8) is 0 Å². The van der Waals surface area contributed by atoms with E-state index in [1.807, 2.05) is 17.0 Å². The Bertz CT molecular complexity index is 694. The molecule has 1 amide bonds. The van der Waals surface area contributed by atoms with Crippen LogP contribution in [-0.4, -0.2) is 43.2 Å². The summed E-state index contributed by atoms with van der Waals surface area (Å²) < 4.78 is 5.93. The van der Waals surface area contributed by atoms with Crippen LogP contribution in [0.5, 0.6) is 0 Å². The summed E-state index contributed by atoms with van der Waals surface area (Å²) in [6.07, 6.45) is 6.95. The number of hydrogen-bond donors (Lipinski definition) is 2. The molecule has 0 aliphatic carbocycles. The van der Waals surface area contributed by atoms with Crippen LogP contribution in [0.2, 0.25) is 0 Å². The lowest BCUT2D eigenvalue weighted by Crippen LogP contribution is -2.47. The Kier molecular flexibility index (Phi) is 7.56. The van der Waals surface area contributed by atoms with E-state index < -0.39 is 0 Å². The summed E-state index contributed by atoms with van der Waals surface area (Å²) in [7, 11) is 0. The third-order valence-electron chi connectivity index (χ3n) is 5.76. The van der Waals surface area contributed by atoms with Crippen LogP contribution < -0.4 is 15.5 Å². The van der Waals surface area contributed by atoms with Crippen LogP contribution in [0.4, 0.5) is 5.69 Å². The number of nitrogens with zero attached hydrogens (tertiary/aromatic N) is 2.